The molecule has 1 aromatic carbocycles. The smallest absolute Gasteiger partial charge is 0.207 e. The van der Waals surface area contributed by atoms with Gasteiger partial charge in [-0.2, -0.15) is 0 Å². The van der Waals surface area contributed by atoms with E-state index in [1.165, 1.54) is 0 Å². The van der Waals surface area contributed by atoms with Crippen molar-refractivity contribution in [2.24, 2.45) is 0 Å². The van der Waals surface area contributed by atoms with Crippen molar-refractivity contribution in [1.29, 1.82) is 0 Å². The zero-order valence-corrected chi connectivity index (χ0v) is 9.77. The fraction of sp³-hybridized carbons (Fsp3) is 0.500. The summed E-state index contributed by atoms with van der Waals surface area (Å²) >= 11 is 0. The zero-order valence-electron chi connectivity index (χ0n) is 9.77. The number of para-hydroxylation sites is 1. The van der Waals surface area contributed by atoms with E-state index in [2.05, 4.69) is 4.89 Å². The molecule has 2 rings (SSSR count). The average Bonchev–Trinajstić information content (AvgIpc) is 2.46. The highest BCUT2D eigenvalue weighted by Gasteiger charge is 2.57. The van der Waals surface area contributed by atoms with Crippen molar-refractivity contribution in [3.8, 4) is 0 Å². The molecule has 1 heterocycles. The minimum atomic E-state index is -1.11. The Morgan fingerprint density at radius 2 is 1.94 bits per heavy atom. The molecule has 4 heteroatoms. The van der Waals surface area contributed by atoms with Crippen molar-refractivity contribution in [3.05, 3.63) is 29.8 Å². The van der Waals surface area contributed by atoms with Crippen LogP contribution in [-0.4, -0.2) is 29.7 Å². The number of anilines is 1. The minimum absolute atomic E-state index is 0.276. The number of hydrogen-bond donors (Lipinski definition) is 2. The van der Waals surface area contributed by atoms with Crippen LogP contribution in [0, 0.1) is 0 Å². The SMILES string of the molecule is CN1c2ccccc2C(C)(C)C1(CO)OO. The summed E-state index contributed by atoms with van der Waals surface area (Å²) in [6.07, 6.45) is 0. The number of aliphatic hydroxyl groups is 1. The maximum absolute atomic E-state index is 9.57. The molecule has 88 valence electrons. The van der Waals surface area contributed by atoms with Gasteiger partial charge in [-0.05, 0) is 11.6 Å². The Labute approximate surface area is 95.0 Å². The molecule has 1 aromatic rings. The van der Waals surface area contributed by atoms with Crippen molar-refractivity contribution in [3.63, 3.8) is 0 Å². The Bertz CT molecular complexity index is 399. The first-order valence-electron chi connectivity index (χ1n) is 5.28. The lowest BCUT2D eigenvalue weighted by Gasteiger charge is -2.41. The molecule has 1 atom stereocenters. The Kier molecular flexibility index (Phi) is 2.45. The van der Waals surface area contributed by atoms with Crippen LogP contribution in [-0.2, 0) is 10.3 Å². The van der Waals surface area contributed by atoms with Gasteiger partial charge in [-0.1, -0.05) is 32.0 Å². The predicted molar refractivity (Wildman–Crippen MR) is 61.4 cm³/mol. The van der Waals surface area contributed by atoms with Crippen LogP contribution >= 0.6 is 0 Å². The van der Waals surface area contributed by atoms with E-state index in [1.807, 2.05) is 38.1 Å². The third kappa shape index (κ3) is 1.09. The second-order valence-corrected chi connectivity index (χ2v) is 4.73. The summed E-state index contributed by atoms with van der Waals surface area (Å²) in [5.41, 5.74) is 0.426. The highest BCUT2D eigenvalue weighted by Crippen LogP contribution is 2.50. The van der Waals surface area contributed by atoms with E-state index in [1.54, 1.807) is 11.9 Å². The normalized spacial score (nSPS) is 26.9. The average molecular weight is 223 g/mol. The van der Waals surface area contributed by atoms with Crippen molar-refractivity contribution in [2.75, 3.05) is 18.6 Å². The predicted octanol–water partition coefficient (Wildman–Crippen LogP) is 1.59. The fourth-order valence-electron chi connectivity index (χ4n) is 2.63. The first-order valence-corrected chi connectivity index (χ1v) is 5.28. The maximum atomic E-state index is 9.57. The van der Waals surface area contributed by atoms with Crippen LogP contribution in [0.4, 0.5) is 5.69 Å². The van der Waals surface area contributed by atoms with Gasteiger partial charge < -0.3 is 10.0 Å². The topological polar surface area (TPSA) is 52.9 Å². The Hall–Kier alpha value is -1.10. The molecule has 0 saturated carbocycles. The zero-order chi connectivity index (χ0) is 12.0. The van der Waals surface area contributed by atoms with Gasteiger partial charge in [0.15, 0.2) is 0 Å². The summed E-state index contributed by atoms with van der Waals surface area (Å²) in [7, 11) is 1.81. The molecule has 0 fully saturated rings. The van der Waals surface area contributed by atoms with Crippen molar-refractivity contribution < 1.29 is 15.3 Å². The number of hydrogen-bond acceptors (Lipinski definition) is 4. The van der Waals surface area contributed by atoms with E-state index in [4.69, 9.17) is 0 Å². The number of nitrogens with zero attached hydrogens (tertiary/aromatic N) is 1. The van der Waals surface area contributed by atoms with Gasteiger partial charge in [0.05, 0.1) is 6.61 Å². The largest absolute Gasteiger partial charge is 0.391 e. The number of rotatable bonds is 2. The molecule has 16 heavy (non-hydrogen) atoms. The van der Waals surface area contributed by atoms with Gasteiger partial charge in [0.1, 0.15) is 0 Å². The lowest BCUT2D eigenvalue weighted by molar-refractivity contribution is -0.343. The Morgan fingerprint density at radius 3 is 2.44 bits per heavy atom. The summed E-state index contributed by atoms with van der Waals surface area (Å²) < 4.78 is 0. The molecule has 1 unspecified atom stereocenters. The van der Waals surface area contributed by atoms with Crippen LogP contribution in [0.1, 0.15) is 19.4 Å². The van der Waals surface area contributed by atoms with Crippen molar-refractivity contribution in [1.82, 2.24) is 0 Å². The Balaban J connectivity index is 2.65. The van der Waals surface area contributed by atoms with Crippen LogP contribution < -0.4 is 4.90 Å². The van der Waals surface area contributed by atoms with E-state index in [0.717, 1.165) is 11.3 Å². The number of benzene rings is 1. The van der Waals surface area contributed by atoms with Gasteiger partial charge in [0.25, 0.3) is 0 Å². The first-order chi connectivity index (χ1) is 7.51. The molecule has 1 aliphatic heterocycles. The van der Waals surface area contributed by atoms with Gasteiger partial charge in [-0.3, -0.25) is 0 Å². The van der Waals surface area contributed by atoms with Gasteiger partial charge in [0, 0.05) is 18.2 Å². The lowest BCUT2D eigenvalue weighted by atomic mass is 9.78. The van der Waals surface area contributed by atoms with E-state index < -0.39 is 11.1 Å². The van der Waals surface area contributed by atoms with Crippen molar-refractivity contribution in [2.45, 2.75) is 25.0 Å². The van der Waals surface area contributed by atoms with Crippen LogP contribution in [0.25, 0.3) is 0 Å². The van der Waals surface area contributed by atoms with Crippen LogP contribution in [0.5, 0.6) is 0 Å². The maximum Gasteiger partial charge on any atom is 0.207 e. The molecule has 1 aliphatic rings. The van der Waals surface area contributed by atoms with Gasteiger partial charge in [-0.25, -0.2) is 10.1 Å². The van der Waals surface area contributed by atoms with E-state index in [9.17, 15) is 10.4 Å². The molecule has 0 amide bonds. The highest BCUT2D eigenvalue weighted by molar-refractivity contribution is 5.65. The number of fused-ring (bicyclic) bond motifs is 1. The van der Waals surface area contributed by atoms with E-state index in [0.29, 0.717) is 0 Å². The Morgan fingerprint density at radius 1 is 1.31 bits per heavy atom. The monoisotopic (exact) mass is 223 g/mol. The summed E-state index contributed by atoms with van der Waals surface area (Å²) in [5.74, 6) is 0. The number of aliphatic hydroxyl groups excluding tert-OH is 1. The molecule has 0 radical (unpaired) electrons. The van der Waals surface area contributed by atoms with Gasteiger partial charge in [-0.15, -0.1) is 0 Å². The van der Waals surface area contributed by atoms with Crippen LogP contribution in [0.15, 0.2) is 24.3 Å². The van der Waals surface area contributed by atoms with Crippen LogP contribution in [0.3, 0.4) is 0 Å². The third-order valence-electron chi connectivity index (χ3n) is 3.82. The summed E-state index contributed by atoms with van der Waals surface area (Å²) in [4.78, 5) is 6.41. The third-order valence-corrected chi connectivity index (χ3v) is 3.82. The van der Waals surface area contributed by atoms with Crippen molar-refractivity contribution >= 4 is 5.69 Å². The molecule has 4 nitrogen and oxygen atoms in total. The molecular weight excluding hydrogens is 206 g/mol. The molecule has 0 spiro atoms. The van der Waals surface area contributed by atoms with Gasteiger partial charge in [0.2, 0.25) is 5.72 Å². The minimum Gasteiger partial charge on any atom is -0.391 e. The molecule has 0 aliphatic carbocycles. The lowest BCUT2D eigenvalue weighted by Crippen LogP contribution is -2.58. The van der Waals surface area contributed by atoms with Crippen LogP contribution in [0.2, 0.25) is 0 Å². The molecule has 0 aromatic heterocycles. The first kappa shape index (κ1) is 11.4. The summed E-state index contributed by atoms with van der Waals surface area (Å²) in [6.45, 7) is 3.62. The summed E-state index contributed by atoms with van der Waals surface area (Å²) in [5, 5.41) is 18.8. The standard InChI is InChI=1S/C12H17NO3/c1-11(2)9-6-4-5-7-10(9)13(3)12(11,8-14)16-15/h4-7,14-15H,8H2,1-3H3. The second-order valence-electron chi connectivity index (χ2n) is 4.73. The summed E-state index contributed by atoms with van der Waals surface area (Å²) in [6, 6.07) is 7.81. The second kappa shape index (κ2) is 3.45. The van der Waals surface area contributed by atoms with E-state index in [-0.39, 0.29) is 6.61 Å². The molecule has 2 N–H and O–H groups in total. The fourth-order valence-corrected chi connectivity index (χ4v) is 2.63. The highest BCUT2D eigenvalue weighted by atomic mass is 17.1. The molecule has 0 bridgehead atoms. The molecule has 0 saturated heterocycles. The van der Waals surface area contributed by atoms with E-state index >= 15 is 0 Å². The van der Waals surface area contributed by atoms with Gasteiger partial charge >= 0.3 is 0 Å². The quantitative estimate of drug-likeness (QED) is 0.590. The number of likely N-dealkylation sites (N-methyl/N-ethyl adjacent to an activating group) is 1. The molecular formula is C12H17NO3.